The molecule has 0 radical (unpaired) electrons. The average Bonchev–Trinajstić information content (AvgIpc) is 2.42. The van der Waals surface area contributed by atoms with Crippen molar-refractivity contribution in [3.05, 3.63) is 34.9 Å². The highest BCUT2D eigenvalue weighted by molar-refractivity contribution is 6.30. The van der Waals surface area contributed by atoms with Gasteiger partial charge in [-0.1, -0.05) is 23.7 Å². The molecule has 2 amide bonds. The summed E-state index contributed by atoms with van der Waals surface area (Å²) >= 11 is 5.94. The molecule has 0 aliphatic heterocycles. The predicted molar refractivity (Wildman–Crippen MR) is 81.9 cm³/mol. The minimum Gasteiger partial charge on any atom is -0.396 e. The van der Waals surface area contributed by atoms with Crippen LogP contribution in [0.1, 0.15) is 25.8 Å². The second-order valence-electron chi connectivity index (χ2n) is 4.89. The van der Waals surface area contributed by atoms with Gasteiger partial charge in [0, 0.05) is 31.6 Å². The third-order valence-corrected chi connectivity index (χ3v) is 3.19. The van der Waals surface area contributed by atoms with Crippen molar-refractivity contribution in [2.75, 3.05) is 13.2 Å². The molecule has 0 aliphatic rings. The van der Waals surface area contributed by atoms with Gasteiger partial charge in [0.05, 0.1) is 0 Å². The van der Waals surface area contributed by atoms with E-state index >= 15 is 0 Å². The normalized spacial score (nSPS) is 11.8. The van der Waals surface area contributed by atoms with Crippen LogP contribution in [-0.4, -0.2) is 41.0 Å². The van der Waals surface area contributed by atoms with Crippen LogP contribution in [0.25, 0.3) is 0 Å². The van der Waals surface area contributed by atoms with Crippen LogP contribution in [0.4, 0.5) is 0 Å². The van der Waals surface area contributed by atoms with Crippen LogP contribution in [-0.2, 0) is 16.1 Å². The van der Waals surface area contributed by atoms with Crippen LogP contribution in [0.5, 0.6) is 0 Å². The third kappa shape index (κ3) is 6.14. The predicted octanol–water partition coefficient (Wildman–Crippen LogP) is 1.58. The van der Waals surface area contributed by atoms with Crippen LogP contribution in [0.3, 0.4) is 0 Å². The molecule has 1 aromatic carbocycles. The zero-order chi connectivity index (χ0) is 15.8. The SMILES string of the molecule is CC(=O)NC(C)C(=O)N(CCCO)Cc1cccc(Cl)c1. The van der Waals surface area contributed by atoms with Crippen LogP contribution >= 0.6 is 11.6 Å². The molecular formula is C15H21ClN2O3. The summed E-state index contributed by atoms with van der Waals surface area (Å²) in [5.74, 6) is -0.431. The van der Waals surface area contributed by atoms with E-state index in [-0.39, 0.29) is 18.4 Å². The number of aliphatic hydroxyl groups is 1. The largest absolute Gasteiger partial charge is 0.396 e. The van der Waals surface area contributed by atoms with Crippen molar-refractivity contribution in [3.63, 3.8) is 0 Å². The maximum Gasteiger partial charge on any atom is 0.245 e. The van der Waals surface area contributed by atoms with E-state index in [1.54, 1.807) is 24.0 Å². The van der Waals surface area contributed by atoms with Gasteiger partial charge in [-0.2, -0.15) is 0 Å². The van der Waals surface area contributed by atoms with Gasteiger partial charge in [0.25, 0.3) is 0 Å². The molecule has 1 aromatic rings. The van der Waals surface area contributed by atoms with Crippen molar-refractivity contribution >= 4 is 23.4 Å². The summed E-state index contributed by atoms with van der Waals surface area (Å²) in [5.41, 5.74) is 0.906. The van der Waals surface area contributed by atoms with Gasteiger partial charge in [0.15, 0.2) is 0 Å². The first-order chi connectivity index (χ1) is 9.93. The fraction of sp³-hybridized carbons (Fsp3) is 0.467. The second kappa shape index (κ2) is 8.64. The molecule has 21 heavy (non-hydrogen) atoms. The van der Waals surface area contributed by atoms with Gasteiger partial charge in [-0.25, -0.2) is 0 Å². The number of hydrogen-bond donors (Lipinski definition) is 2. The number of benzene rings is 1. The monoisotopic (exact) mass is 312 g/mol. The Bertz CT molecular complexity index is 494. The van der Waals surface area contributed by atoms with E-state index in [1.807, 2.05) is 12.1 Å². The lowest BCUT2D eigenvalue weighted by molar-refractivity contribution is -0.136. The van der Waals surface area contributed by atoms with E-state index in [4.69, 9.17) is 16.7 Å². The Labute approximate surface area is 129 Å². The molecule has 0 saturated heterocycles. The number of halogens is 1. The van der Waals surface area contributed by atoms with Crippen LogP contribution in [0, 0.1) is 0 Å². The van der Waals surface area contributed by atoms with Crippen LogP contribution in [0.2, 0.25) is 5.02 Å². The maximum atomic E-state index is 12.4. The molecule has 1 rings (SSSR count). The van der Waals surface area contributed by atoms with Gasteiger partial charge >= 0.3 is 0 Å². The smallest absolute Gasteiger partial charge is 0.245 e. The second-order valence-corrected chi connectivity index (χ2v) is 5.33. The molecule has 2 N–H and O–H groups in total. The van der Waals surface area contributed by atoms with Gasteiger partial charge in [-0.05, 0) is 31.0 Å². The van der Waals surface area contributed by atoms with Gasteiger partial charge in [-0.15, -0.1) is 0 Å². The Balaban J connectivity index is 2.79. The van der Waals surface area contributed by atoms with E-state index in [0.29, 0.717) is 24.5 Å². The minimum absolute atomic E-state index is 0.00778. The standard InChI is InChI=1S/C15H21ClN2O3/c1-11(17-12(2)20)15(21)18(7-4-8-19)10-13-5-3-6-14(16)9-13/h3,5-6,9,11,19H,4,7-8,10H2,1-2H3,(H,17,20). The zero-order valence-electron chi connectivity index (χ0n) is 12.3. The summed E-state index contributed by atoms with van der Waals surface area (Å²) < 4.78 is 0. The zero-order valence-corrected chi connectivity index (χ0v) is 13.1. The molecule has 0 spiro atoms. The summed E-state index contributed by atoms with van der Waals surface area (Å²) in [7, 11) is 0. The lowest BCUT2D eigenvalue weighted by Crippen LogP contribution is -2.46. The van der Waals surface area contributed by atoms with E-state index < -0.39 is 6.04 Å². The Kier molecular flexibility index (Phi) is 7.19. The minimum atomic E-state index is -0.597. The van der Waals surface area contributed by atoms with Gasteiger partial charge in [0.2, 0.25) is 11.8 Å². The molecule has 1 unspecified atom stereocenters. The lowest BCUT2D eigenvalue weighted by Gasteiger charge is -2.26. The molecule has 0 bridgehead atoms. The molecule has 0 saturated carbocycles. The number of rotatable bonds is 7. The number of nitrogens with one attached hydrogen (secondary N) is 1. The molecule has 0 aromatic heterocycles. The summed E-state index contributed by atoms with van der Waals surface area (Å²) in [4.78, 5) is 25.0. The topological polar surface area (TPSA) is 69.6 Å². The summed E-state index contributed by atoms with van der Waals surface area (Å²) in [6.45, 7) is 3.84. The number of carbonyl (C=O) groups is 2. The number of aliphatic hydroxyl groups excluding tert-OH is 1. The van der Waals surface area contributed by atoms with E-state index in [2.05, 4.69) is 5.32 Å². The number of nitrogens with zero attached hydrogens (tertiary/aromatic N) is 1. The first-order valence-corrected chi connectivity index (χ1v) is 7.23. The van der Waals surface area contributed by atoms with E-state index in [0.717, 1.165) is 5.56 Å². The van der Waals surface area contributed by atoms with Crippen LogP contribution in [0.15, 0.2) is 24.3 Å². The maximum absolute atomic E-state index is 12.4. The Hall–Kier alpha value is -1.59. The number of amides is 2. The Morgan fingerprint density at radius 3 is 2.71 bits per heavy atom. The van der Waals surface area contributed by atoms with Crippen molar-refractivity contribution in [3.8, 4) is 0 Å². The lowest BCUT2D eigenvalue weighted by atomic mass is 10.2. The molecule has 0 aliphatic carbocycles. The number of hydrogen-bond acceptors (Lipinski definition) is 3. The number of carbonyl (C=O) groups excluding carboxylic acids is 2. The van der Waals surface area contributed by atoms with Crippen molar-refractivity contribution in [2.45, 2.75) is 32.9 Å². The molecule has 116 valence electrons. The first kappa shape index (κ1) is 17.5. The Morgan fingerprint density at radius 2 is 2.14 bits per heavy atom. The third-order valence-electron chi connectivity index (χ3n) is 2.95. The fourth-order valence-electron chi connectivity index (χ4n) is 2.02. The highest BCUT2D eigenvalue weighted by Gasteiger charge is 2.21. The van der Waals surface area contributed by atoms with E-state index in [1.165, 1.54) is 6.92 Å². The Morgan fingerprint density at radius 1 is 1.43 bits per heavy atom. The summed E-state index contributed by atoms with van der Waals surface area (Å²) in [6, 6.07) is 6.67. The highest BCUT2D eigenvalue weighted by Crippen LogP contribution is 2.13. The molecular weight excluding hydrogens is 292 g/mol. The molecule has 0 fully saturated rings. The molecule has 0 heterocycles. The first-order valence-electron chi connectivity index (χ1n) is 6.85. The van der Waals surface area contributed by atoms with Crippen molar-refractivity contribution in [1.82, 2.24) is 10.2 Å². The van der Waals surface area contributed by atoms with Crippen molar-refractivity contribution < 1.29 is 14.7 Å². The van der Waals surface area contributed by atoms with Crippen molar-refractivity contribution in [2.24, 2.45) is 0 Å². The van der Waals surface area contributed by atoms with E-state index in [9.17, 15) is 9.59 Å². The molecule has 5 nitrogen and oxygen atoms in total. The molecule has 6 heteroatoms. The van der Waals surface area contributed by atoms with Crippen LogP contribution < -0.4 is 5.32 Å². The summed E-state index contributed by atoms with van der Waals surface area (Å²) in [5, 5.41) is 12.1. The average molecular weight is 313 g/mol. The van der Waals surface area contributed by atoms with Gasteiger partial charge < -0.3 is 15.3 Å². The highest BCUT2D eigenvalue weighted by atomic mass is 35.5. The quantitative estimate of drug-likeness (QED) is 0.803. The summed E-state index contributed by atoms with van der Waals surface area (Å²) in [6.07, 6.45) is 0.485. The van der Waals surface area contributed by atoms with Crippen molar-refractivity contribution in [1.29, 1.82) is 0 Å². The van der Waals surface area contributed by atoms with Gasteiger partial charge in [0.1, 0.15) is 6.04 Å². The van der Waals surface area contributed by atoms with Gasteiger partial charge in [-0.3, -0.25) is 9.59 Å². The fourth-order valence-corrected chi connectivity index (χ4v) is 2.24. The molecule has 1 atom stereocenters.